The Kier molecular flexibility index (Phi) is 7.01. The van der Waals surface area contributed by atoms with Crippen molar-refractivity contribution in [1.29, 1.82) is 0 Å². The van der Waals surface area contributed by atoms with Gasteiger partial charge in [0.1, 0.15) is 0 Å². The fraction of sp³-hybridized carbons (Fsp3) is 0.900. The van der Waals surface area contributed by atoms with Gasteiger partial charge >= 0.3 is 5.97 Å². The van der Waals surface area contributed by atoms with Gasteiger partial charge in [-0.05, 0) is 30.8 Å². The average molecular weight is 220 g/mol. The van der Waals surface area contributed by atoms with Crippen LogP contribution in [0.15, 0.2) is 0 Å². The Balaban J connectivity index is 4.02. The van der Waals surface area contributed by atoms with Crippen LogP contribution in [0.3, 0.4) is 0 Å². The quantitative estimate of drug-likeness (QED) is 0.643. The Labute approximate surface area is 89.9 Å². The highest BCUT2D eigenvalue weighted by Crippen LogP contribution is 2.19. The van der Waals surface area contributed by atoms with Crippen molar-refractivity contribution in [3.8, 4) is 0 Å². The molecule has 2 unspecified atom stereocenters. The Morgan fingerprint density at radius 1 is 1.43 bits per heavy atom. The summed E-state index contributed by atoms with van der Waals surface area (Å²) in [4.78, 5) is 10.8. The molecule has 14 heavy (non-hydrogen) atoms. The van der Waals surface area contributed by atoms with Gasteiger partial charge in [-0.2, -0.15) is 11.8 Å². The third-order valence-electron chi connectivity index (χ3n) is 2.27. The molecule has 0 aromatic rings. The molecule has 0 aliphatic heterocycles. The van der Waals surface area contributed by atoms with E-state index >= 15 is 0 Å². The predicted octanol–water partition coefficient (Wildman–Crippen LogP) is 1.85. The number of aliphatic carboxylic acids is 1. The van der Waals surface area contributed by atoms with Crippen molar-refractivity contribution in [1.82, 2.24) is 0 Å². The summed E-state index contributed by atoms with van der Waals surface area (Å²) in [5, 5.41) is 18.6. The van der Waals surface area contributed by atoms with Crippen molar-refractivity contribution in [3.63, 3.8) is 0 Å². The zero-order chi connectivity index (χ0) is 11.1. The van der Waals surface area contributed by atoms with Gasteiger partial charge in [0, 0.05) is 0 Å². The van der Waals surface area contributed by atoms with Crippen LogP contribution in [0.4, 0.5) is 0 Å². The average Bonchev–Trinajstić information content (AvgIpc) is 2.03. The lowest BCUT2D eigenvalue weighted by atomic mass is 9.88. The Bertz CT molecular complexity index is 171. The van der Waals surface area contributed by atoms with Gasteiger partial charge in [-0.25, -0.2) is 0 Å². The van der Waals surface area contributed by atoms with E-state index in [9.17, 15) is 9.90 Å². The van der Waals surface area contributed by atoms with Crippen LogP contribution in [0.25, 0.3) is 0 Å². The normalized spacial score (nSPS) is 15.5. The molecule has 3 nitrogen and oxygen atoms in total. The summed E-state index contributed by atoms with van der Waals surface area (Å²) in [6, 6.07) is 0. The van der Waals surface area contributed by atoms with E-state index in [1.54, 1.807) is 11.8 Å². The Morgan fingerprint density at radius 2 is 2.00 bits per heavy atom. The van der Waals surface area contributed by atoms with Crippen LogP contribution < -0.4 is 0 Å². The van der Waals surface area contributed by atoms with Crippen LogP contribution in [0.5, 0.6) is 0 Å². The van der Waals surface area contributed by atoms with Gasteiger partial charge in [-0.1, -0.05) is 13.8 Å². The molecule has 0 fully saturated rings. The molecule has 4 heteroatoms. The number of rotatable bonds is 7. The maximum atomic E-state index is 10.8. The number of hydrogen-bond donors (Lipinski definition) is 2. The van der Waals surface area contributed by atoms with Gasteiger partial charge < -0.3 is 10.2 Å². The molecular weight excluding hydrogens is 200 g/mol. The second-order valence-electron chi connectivity index (χ2n) is 3.81. The predicted molar refractivity (Wildman–Crippen MR) is 59.6 cm³/mol. The van der Waals surface area contributed by atoms with E-state index in [1.807, 2.05) is 20.1 Å². The summed E-state index contributed by atoms with van der Waals surface area (Å²) in [5.74, 6) is -0.563. The molecule has 2 atom stereocenters. The van der Waals surface area contributed by atoms with Gasteiger partial charge in [0.15, 0.2) is 0 Å². The largest absolute Gasteiger partial charge is 0.481 e. The van der Waals surface area contributed by atoms with Crippen LogP contribution in [0.2, 0.25) is 0 Å². The minimum absolute atomic E-state index is 0.0169. The molecule has 0 bridgehead atoms. The van der Waals surface area contributed by atoms with Gasteiger partial charge in [0.2, 0.25) is 0 Å². The zero-order valence-corrected chi connectivity index (χ0v) is 9.88. The summed E-state index contributed by atoms with van der Waals surface area (Å²) in [7, 11) is 0. The fourth-order valence-electron chi connectivity index (χ4n) is 1.51. The van der Waals surface area contributed by atoms with Gasteiger partial charge in [-0.15, -0.1) is 0 Å². The van der Waals surface area contributed by atoms with Crippen molar-refractivity contribution in [3.05, 3.63) is 0 Å². The molecule has 0 radical (unpaired) electrons. The maximum Gasteiger partial charge on any atom is 0.309 e. The molecule has 0 aliphatic carbocycles. The molecule has 0 spiro atoms. The summed E-state index contributed by atoms with van der Waals surface area (Å²) in [6.45, 7) is 3.66. The molecule has 0 aromatic heterocycles. The molecule has 2 N–H and O–H groups in total. The van der Waals surface area contributed by atoms with E-state index in [-0.39, 0.29) is 5.92 Å². The highest BCUT2D eigenvalue weighted by Gasteiger charge is 2.28. The summed E-state index contributed by atoms with van der Waals surface area (Å²) in [5.41, 5.74) is 0. The van der Waals surface area contributed by atoms with E-state index in [4.69, 9.17) is 5.11 Å². The minimum Gasteiger partial charge on any atom is -0.481 e. The van der Waals surface area contributed by atoms with E-state index in [0.29, 0.717) is 6.42 Å². The van der Waals surface area contributed by atoms with Crippen LogP contribution in [-0.2, 0) is 4.79 Å². The monoisotopic (exact) mass is 220 g/mol. The van der Waals surface area contributed by atoms with Crippen LogP contribution in [0.1, 0.15) is 26.7 Å². The van der Waals surface area contributed by atoms with E-state index in [0.717, 1.165) is 12.2 Å². The fourth-order valence-corrected chi connectivity index (χ4v) is 1.97. The number of thioether (sulfide) groups is 1. The maximum absolute atomic E-state index is 10.8. The second-order valence-corrected chi connectivity index (χ2v) is 4.80. The lowest BCUT2D eigenvalue weighted by Crippen LogP contribution is -2.32. The van der Waals surface area contributed by atoms with E-state index < -0.39 is 18.0 Å². The Hall–Kier alpha value is -0.220. The number of aliphatic hydroxyl groups is 1. The first-order valence-corrected chi connectivity index (χ1v) is 6.29. The van der Waals surface area contributed by atoms with Crippen molar-refractivity contribution in [2.75, 3.05) is 12.0 Å². The molecule has 0 saturated carbocycles. The van der Waals surface area contributed by atoms with E-state index in [1.165, 1.54) is 0 Å². The third-order valence-corrected chi connectivity index (χ3v) is 2.96. The van der Waals surface area contributed by atoms with E-state index in [2.05, 4.69) is 0 Å². The molecule has 0 amide bonds. The highest BCUT2D eigenvalue weighted by atomic mass is 32.2. The van der Waals surface area contributed by atoms with Gasteiger partial charge in [0.05, 0.1) is 12.0 Å². The zero-order valence-electron chi connectivity index (χ0n) is 9.06. The smallest absolute Gasteiger partial charge is 0.309 e. The number of aliphatic hydroxyl groups excluding tert-OH is 1. The van der Waals surface area contributed by atoms with Crippen LogP contribution >= 0.6 is 11.8 Å². The number of carboxylic acid groups (broad SMARTS) is 1. The van der Waals surface area contributed by atoms with Crippen molar-refractivity contribution in [2.45, 2.75) is 32.8 Å². The summed E-state index contributed by atoms with van der Waals surface area (Å²) in [6.07, 6.45) is 2.75. The molecular formula is C10H20O3S. The van der Waals surface area contributed by atoms with Gasteiger partial charge in [0.25, 0.3) is 0 Å². The topological polar surface area (TPSA) is 57.5 Å². The molecule has 0 aliphatic rings. The SMILES string of the molecule is CSCCCC(O)C(C(=O)O)C(C)C. The molecule has 0 heterocycles. The third kappa shape index (κ3) is 4.86. The molecule has 84 valence electrons. The van der Waals surface area contributed by atoms with Crippen LogP contribution in [-0.4, -0.2) is 34.3 Å². The van der Waals surface area contributed by atoms with Crippen molar-refractivity contribution < 1.29 is 15.0 Å². The summed E-state index contributed by atoms with van der Waals surface area (Å²) >= 11 is 1.71. The number of hydrogen-bond acceptors (Lipinski definition) is 3. The Morgan fingerprint density at radius 3 is 2.36 bits per heavy atom. The second kappa shape index (κ2) is 7.12. The first-order valence-electron chi connectivity index (χ1n) is 4.90. The first kappa shape index (κ1) is 13.8. The lowest BCUT2D eigenvalue weighted by molar-refractivity contribution is -0.148. The molecule has 0 saturated heterocycles. The van der Waals surface area contributed by atoms with Crippen LogP contribution in [0, 0.1) is 11.8 Å². The summed E-state index contributed by atoms with van der Waals surface area (Å²) < 4.78 is 0. The molecule has 0 aromatic carbocycles. The number of carboxylic acids is 1. The number of carbonyl (C=O) groups is 1. The lowest BCUT2D eigenvalue weighted by Gasteiger charge is -2.22. The standard InChI is InChI=1S/C10H20O3S/c1-7(2)9(10(12)13)8(11)5-4-6-14-3/h7-9,11H,4-6H2,1-3H3,(H,12,13). The minimum atomic E-state index is -0.892. The molecule has 0 rings (SSSR count). The van der Waals surface area contributed by atoms with Crippen molar-refractivity contribution >= 4 is 17.7 Å². The first-order chi connectivity index (χ1) is 6.50. The highest BCUT2D eigenvalue weighted by molar-refractivity contribution is 7.98. The van der Waals surface area contributed by atoms with Gasteiger partial charge in [-0.3, -0.25) is 4.79 Å². The van der Waals surface area contributed by atoms with Crippen molar-refractivity contribution in [2.24, 2.45) is 11.8 Å².